The molecule has 0 saturated heterocycles. The molecule has 24 heavy (non-hydrogen) atoms. The maximum Gasteiger partial charge on any atom is 0.573 e. The second-order valence-electron chi connectivity index (χ2n) is 5.13. The van der Waals surface area contributed by atoms with Crippen molar-refractivity contribution in [3.8, 4) is 5.75 Å². The van der Waals surface area contributed by atoms with Crippen molar-refractivity contribution in [2.45, 2.75) is 19.8 Å². The van der Waals surface area contributed by atoms with Crippen LogP contribution in [-0.4, -0.2) is 26.1 Å². The fourth-order valence-electron chi connectivity index (χ4n) is 2.32. The van der Waals surface area contributed by atoms with Gasteiger partial charge in [-0.3, -0.25) is 4.68 Å². The number of alkyl halides is 3. The van der Waals surface area contributed by atoms with Gasteiger partial charge in [-0.1, -0.05) is 18.2 Å². The molecule has 0 saturated carbocycles. The molecule has 0 radical (unpaired) electrons. The van der Waals surface area contributed by atoms with Crippen molar-refractivity contribution in [1.29, 1.82) is 0 Å². The zero-order chi connectivity index (χ0) is 17.3. The number of anilines is 1. The van der Waals surface area contributed by atoms with Crippen LogP contribution in [0.25, 0.3) is 11.0 Å². The van der Waals surface area contributed by atoms with Gasteiger partial charge in [0.1, 0.15) is 17.4 Å². The summed E-state index contributed by atoms with van der Waals surface area (Å²) in [7, 11) is 1.75. The predicted molar refractivity (Wildman–Crippen MR) is 81.5 cm³/mol. The minimum Gasteiger partial charge on any atom is -0.405 e. The summed E-state index contributed by atoms with van der Waals surface area (Å²) in [5.41, 5.74) is 1.01. The molecule has 0 atom stereocenters. The second-order valence-corrected chi connectivity index (χ2v) is 5.13. The molecular formula is C15H14F3N5O. The molecule has 0 bridgehead atoms. The third-order valence-electron chi connectivity index (χ3n) is 3.35. The lowest BCUT2D eigenvalue weighted by molar-refractivity contribution is -0.274. The van der Waals surface area contributed by atoms with Gasteiger partial charge < -0.3 is 10.1 Å². The minimum absolute atomic E-state index is 0.118. The van der Waals surface area contributed by atoms with E-state index >= 15 is 0 Å². The number of ether oxygens (including phenoxy) is 1. The molecule has 0 spiro atoms. The molecule has 126 valence electrons. The van der Waals surface area contributed by atoms with Crippen LogP contribution < -0.4 is 10.1 Å². The van der Waals surface area contributed by atoms with Gasteiger partial charge in [-0.2, -0.15) is 5.10 Å². The summed E-state index contributed by atoms with van der Waals surface area (Å²) in [6.45, 7) is 1.85. The SMILES string of the molecule is Cc1nc(NCc2ccccc2OC(F)(F)F)c2cnn(C)c2n1. The molecule has 0 aliphatic carbocycles. The second kappa shape index (κ2) is 5.99. The highest BCUT2D eigenvalue weighted by Gasteiger charge is 2.31. The van der Waals surface area contributed by atoms with E-state index in [-0.39, 0.29) is 12.3 Å². The predicted octanol–water partition coefficient (Wildman–Crippen LogP) is 3.18. The fraction of sp³-hybridized carbons (Fsp3) is 0.267. The van der Waals surface area contributed by atoms with Crippen molar-refractivity contribution in [2.24, 2.45) is 7.05 Å². The Hall–Kier alpha value is -2.84. The highest BCUT2D eigenvalue weighted by Crippen LogP contribution is 2.27. The van der Waals surface area contributed by atoms with E-state index in [4.69, 9.17) is 0 Å². The Bertz CT molecular complexity index is 875. The molecular weight excluding hydrogens is 323 g/mol. The van der Waals surface area contributed by atoms with Crippen LogP contribution in [0.1, 0.15) is 11.4 Å². The number of aryl methyl sites for hydroxylation is 2. The van der Waals surface area contributed by atoms with Crippen LogP contribution in [-0.2, 0) is 13.6 Å². The number of rotatable bonds is 4. The van der Waals surface area contributed by atoms with Gasteiger partial charge in [-0.25, -0.2) is 9.97 Å². The first-order valence-corrected chi connectivity index (χ1v) is 7.07. The first-order chi connectivity index (χ1) is 11.3. The zero-order valence-corrected chi connectivity index (χ0v) is 12.9. The van der Waals surface area contributed by atoms with Crippen molar-refractivity contribution < 1.29 is 17.9 Å². The maximum absolute atomic E-state index is 12.5. The average Bonchev–Trinajstić information content (AvgIpc) is 2.86. The first kappa shape index (κ1) is 16.0. The number of nitrogens with one attached hydrogen (secondary N) is 1. The zero-order valence-electron chi connectivity index (χ0n) is 12.9. The smallest absolute Gasteiger partial charge is 0.405 e. The molecule has 6 nitrogen and oxygen atoms in total. The largest absolute Gasteiger partial charge is 0.573 e. The summed E-state index contributed by atoms with van der Waals surface area (Å²) in [6.07, 6.45) is -3.13. The Morgan fingerprint density at radius 1 is 1.21 bits per heavy atom. The van der Waals surface area contributed by atoms with Crippen LogP contribution in [0.4, 0.5) is 19.0 Å². The van der Waals surface area contributed by atoms with Gasteiger partial charge in [-0.05, 0) is 13.0 Å². The van der Waals surface area contributed by atoms with Crippen molar-refractivity contribution in [2.75, 3.05) is 5.32 Å². The van der Waals surface area contributed by atoms with Crippen LogP contribution in [0.3, 0.4) is 0 Å². The summed E-state index contributed by atoms with van der Waals surface area (Å²) in [5, 5.41) is 7.84. The number of fused-ring (bicyclic) bond motifs is 1. The maximum atomic E-state index is 12.5. The standard InChI is InChI=1S/C15H14F3N5O/c1-9-21-13(11-8-20-23(2)14(11)22-9)19-7-10-5-3-4-6-12(10)24-15(16,17)18/h3-6,8H,7H2,1-2H3,(H,19,21,22). The topological polar surface area (TPSA) is 64.9 Å². The fourth-order valence-corrected chi connectivity index (χ4v) is 2.32. The van der Waals surface area contributed by atoms with Gasteiger partial charge in [0.2, 0.25) is 0 Å². The Kier molecular flexibility index (Phi) is 4.00. The Morgan fingerprint density at radius 3 is 2.71 bits per heavy atom. The number of para-hydroxylation sites is 1. The Balaban J connectivity index is 1.87. The molecule has 0 aliphatic heterocycles. The van der Waals surface area contributed by atoms with Crippen molar-refractivity contribution in [3.63, 3.8) is 0 Å². The van der Waals surface area contributed by atoms with Crippen LogP contribution in [0, 0.1) is 6.92 Å². The van der Waals surface area contributed by atoms with E-state index in [2.05, 4.69) is 25.1 Å². The van der Waals surface area contributed by atoms with Crippen molar-refractivity contribution >= 4 is 16.9 Å². The molecule has 2 heterocycles. The first-order valence-electron chi connectivity index (χ1n) is 7.07. The normalized spacial score (nSPS) is 11.7. The van der Waals surface area contributed by atoms with E-state index in [0.717, 1.165) is 0 Å². The van der Waals surface area contributed by atoms with E-state index < -0.39 is 6.36 Å². The molecule has 1 N–H and O–H groups in total. The average molecular weight is 337 g/mol. The monoisotopic (exact) mass is 337 g/mol. The van der Waals surface area contributed by atoms with Crippen LogP contribution in [0.2, 0.25) is 0 Å². The number of aromatic nitrogens is 4. The molecule has 9 heteroatoms. The lowest BCUT2D eigenvalue weighted by Crippen LogP contribution is -2.18. The Morgan fingerprint density at radius 2 is 1.96 bits per heavy atom. The lowest BCUT2D eigenvalue weighted by atomic mass is 10.2. The number of hydrogen-bond donors (Lipinski definition) is 1. The van der Waals surface area contributed by atoms with Gasteiger partial charge >= 0.3 is 6.36 Å². The summed E-state index contributed by atoms with van der Waals surface area (Å²) < 4.78 is 43.1. The van der Waals surface area contributed by atoms with E-state index in [0.29, 0.717) is 28.2 Å². The molecule has 0 aliphatic rings. The summed E-state index contributed by atoms with van der Waals surface area (Å²) in [5.74, 6) is 0.798. The lowest BCUT2D eigenvalue weighted by Gasteiger charge is -2.14. The van der Waals surface area contributed by atoms with Gasteiger partial charge in [0.25, 0.3) is 0 Å². The van der Waals surface area contributed by atoms with Gasteiger partial charge in [-0.15, -0.1) is 13.2 Å². The van der Waals surface area contributed by atoms with Crippen molar-refractivity contribution in [1.82, 2.24) is 19.7 Å². The highest BCUT2D eigenvalue weighted by atomic mass is 19.4. The van der Waals surface area contributed by atoms with E-state index in [1.54, 1.807) is 37.0 Å². The summed E-state index contributed by atoms with van der Waals surface area (Å²) >= 11 is 0. The number of halogens is 3. The molecule has 3 rings (SSSR count). The number of hydrogen-bond acceptors (Lipinski definition) is 5. The summed E-state index contributed by atoms with van der Waals surface area (Å²) in [6, 6.07) is 5.96. The van der Waals surface area contributed by atoms with Gasteiger partial charge in [0, 0.05) is 19.2 Å². The number of nitrogens with zero attached hydrogens (tertiary/aromatic N) is 4. The van der Waals surface area contributed by atoms with Crippen LogP contribution >= 0.6 is 0 Å². The van der Waals surface area contributed by atoms with Crippen LogP contribution in [0.5, 0.6) is 5.75 Å². The minimum atomic E-state index is -4.74. The molecule has 1 aromatic carbocycles. The van der Waals surface area contributed by atoms with E-state index in [1.165, 1.54) is 12.1 Å². The van der Waals surface area contributed by atoms with Crippen LogP contribution in [0.15, 0.2) is 30.5 Å². The van der Waals surface area contributed by atoms with Gasteiger partial charge in [0.15, 0.2) is 5.65 Å². The van der Waals surface area contributed by atoms with E-state index in [1.807, 2.05) is 0 Å². The molecule has 3 aromatic rings. The van der Waals surface area contributed by atoms with E-state index in [9.17, 15) is 13.2 Å². The molecule has 0 unspecified atom stereocenters. The van der Waals surface area contributed by atoms with Gasteiger partial charge in [0.05, 0.1) is 11.6 Å². The Labute approximate surface area is 135 Å². The third-order valence-corrected chi connectivity index (χ3v) is 3.35. The quantitative estimate of drug-likeness (QED) is 0.792. The molecule has 2 aromatic heterocycles. The third kappa shape index (κ3) is 3.39. The molecule has 0 amide bonds. The highest BCUT2D eigenvalue weighted by molar-refractivity contribution is 5.86. The number of benzene rings is 1. The molecule has 0 fully saturated rings. The van der Waals surface area contributed by atoms with Crippen molar-refractivity contribution in [3.05, 3.63) is 41.9 Å². The summed E-state index contributed by atoms with van der Waals surface area (Å²) in [4.78, 5) is 8.59.